The zero-order chi connectivity index (χ0) is 24.2. The first-order valence-corrected chi connectivity index (χ1v) is 8.75. The van der Waals surface area contributed by atoms with E-state index in [4.69, 9.17) is 4.74 Å². The van der Waals surface area contributed by atoms with E-state index in [1.807, 2.05) is 0 Å². The highest BCUT2D eigenvalue weighted by molar-refractivity contribution is 5.95. The number of hydrogen-bond acceptors (Lipinski definition) is 4. The number of ether oxygens (including phenoxy) is 2. The molecule has 0 aromatic heterocycles. The molecule has 1 N–H and O–H groups in total. The molecular formula is C20H15F7N2O3. The van der Waals surface area contributed by atoms with Gasteiger partial charge in [-0.1, -0.05) is 6.07 Å². The van der Waals surface area contributed by atoms with Crippen molar-refractivity contribution in [3.8, 4) is 11.8 Å². The minimum absolute atomic E-state index is 0.00871. The lowest BCUT2D eigenvalue weighted by Gasteiger charge is -2.23. The molecule has 1 atom stereocenters. The third-order valence-electron chi connectivity index (χ3n) is 3.98. The lowest BCUT2D eigenvalue weighted by atomic mass is 10.0. The van der Waals surface area contributed by atoms with Crippen molar-refractivity contribution in [2.24, 2.45) is 0 Å². The third kappa shape index (κ3) is 7.12. The van der Waals surface area contributed by atoms with Crippen LogP contribution in [-0.2, 0) is 17.5 Å². The van der Waals surface area contributed by atoms with E-state index in [9.17, 15) is 40.8 Å². The molecule has 0 aliphatic carbocycles. The summed E-state index contributed by atoms with van der Waals surface area (Å²) < 4.78 is 97.1. The first-order chi connectivity index (χ1) is 14.7. The molecule has 0 saturated heterocycles. The maximum absolute atomic E-state index is 13.3. The van der Waals surface area contributed by atoms with Gasteiger partial charge >= 0.3 is 12.5 Å². The van der Waals surface area contributed by atoms with Crippen molar-refractivity contribution >= 4 is 5.91 Å². The van der Waals surface area contributed by atoms with Gasteiger partial charge in [0.2, 0.25) is 0 Å². The first kappa shape index (κ1) is 24.9. The third-order valence-corrected chi connectivity index (χ3v) is 3.98. The molecule has 0 aliphatic rings. The van der Waals surface area contributed by atoms with E-state index in [1.54, 1.807) is 6.07 Å². The van der Waals surface area contributed by atoms with Crippen LogP contribution in [0.4, 0.5) is 30.7 Å². The van der Waals surface area contributed by atoms with Gasteiger partial charge in [0.05, 0.1) is 24.8 Å². The Balaban J connectivity index is 1.99. The Morgan fingerprint density at radius 2 is 1.69 bits per heavy atom. The quantitative estimate of drug-likeness (QED) is 0.588. The van der Waals surface area contributed by atoms with Crippen molar-refractivity contribution < 1.29 is 45.0 Å². The summed E-state index contributed by atoms with van der Waals surface area (Å²) in [5, 5.41) is 11.7. The molecule has 0 spiro atoms. The van der Waals surface area contributed by atoms with Gasteiger partial charge in [0.25, 0.3) is 5.91 Å². The number of nitrogens with zero attached hydrogens (tertiary/aromatic N) is 1. The monoisotopic (exact) mass is 464 g/mol. The lowest BCUT2D eigenvalue weighted by molar-refractivity contribution is -0.274. The topological polar surface area (TPSA) is 71.3 Å². The summed E-state index contributed by atoms with van der Waals surface area (Å²) in [5.74, 6) is -2.79. The number of nitrogens with one attached hydrogen (secondary N) is 1. The molecule has 12 heteroatoms. The van der Waals surface area contributed by atoms with Crippen LogP contribution < -0.4 is 10.1 Å². The molecule has 0 aliphatic heterocycles. The Labute approximate surface area is 177 Å². The number of alkyl halides is 6. The number of amides is 1. The second-order valence-corrected chi connectivity index (χ2v) is 6.77. The van der Waals surface area contributed by atoms with Crippen molar-refractivity contribution in [2.75, 3.05) is 6.61 Å². The van der Waals surface area contributed by atoms with E-state index in [2.05, 4.69) is 10.1 Å². The molecule has 172 valence electrons. The van der Waals surface area contributed by atoms with Gasteiger partial charge in [-0.3, -0.25) is 4.79 Å². The van der Waals surface area contributed by atoms with Crippen molar-refractivity contribution in [3.05, 3.63) is 65.0 Å². The minimum atomic E-state index is -4.90. The van der Waals surface area contributed by atoms with Crippen molar-refractivity contribution in [3.63, 3.8) is 0 Å². The van der Waals surface area contributed by atoms with Crippen molar-refractivity contribution in [1.82, 2.24) is 5.32 Å². The van der Waals surface area contributed by atoms with Crippen LogP contribution in [0, 0.1) is 17.1 Å². The van der Waals surface area contributed by atoms with Gasteiger partial charge in [-0.2, -0.15) is 18.4 Å². The molecule has 2 aromatic rings. The largest absolute Gasteiger partial charge is 0.573 e. The summed E-state index contributed by atoms with van der Waals surface area (Å²) >= 11 is 0. The molecule has 1 amide bonds. The predicted octanol–water partition coefficient (Wildman–Crippen LogP) is 4.97. The molecular weight excluding hydrogens is 449 g/mol. The fraction of sp³-hybridized carbons (Fsp3) is 0.300. The van der Waals surface area contributed by atoms with E-state index in [-0.39, 0.29) is 11.1 Å². The van der Waals surface area contributed by atoms with Crippen LogP contribution in [0.3, 0.4) is 0 Å². The number of carbonyl (C=O) groups excluding carboxylic acids is 1. The van der Waals surface area contributed by atoms with Gasteiger partial charge in [0.1, 0.15) is 17.1 Å². The van der Waals surface area contributed by atoms with Crippen LogP contribution in [0.15, 0.2) is 42.5 Å². The number of nitriles is 1. The van der Waals surface area contributed by atoms with E-state index in [1.165, 1.54) is 6.92 Å². The summed E-state index contributed by atoms with van der Waals surface area (Å²) in [5.41, 5.74) is -3.17. The summed E-state index contributed by atoms with van der Waals surface area (Å²) in [7, 11) is 0. The Kier molecular flexibility index (Phi) is 7.35. The van der Waals surface area contributed by atoms with Crippen molar-refractivity contribution in [1.29, 1.82) is 5.26 Å². The van der Waals surface area contributed by atoms with Gasteiger partial charge in [0, 0.05) is 5.56 Å². The van der Waals surface area contributed by atoms with Crippen LogP contribution in [0.5, 0.6) is 5.75 Å². The lowest BCUT2D eigenvalue weighted by Crippen LogP contribution is -2.48. The fourth-order valence-electron chi connectivity index (χ4n) is 2.48. The van der Waals surface area contributed by atoms with Gasteiger partial charge in [-0.05, 0) is 48.9 Å². The smallest absolute Gasteiger partial charge is 0.406 e. The van der Waals surface area contributed by atoms with Crippen LogP contribution >= 0.6 is 0 Å². The van der Waals surface area contributed by atoms with Crippen molar-refractivity contribution in [2.45, 2.75) is 31.6 Å². The second-order valence-electron chi connectivity index (χ2n) is 6.77. The molecule has 1 unspecified atom stereocenters. The molecule has 0 saturated carbocycles. The fourth-order valence-corrected chi connectivity index (χ4v) is 2.48. The normalized spacial score (nSPS) is 13.7. The zero-order valence-corrected chi connectivity index (χ0v) is 16.3. The molecule has 32 heavy (non-hydrogen) atoms. The molecule has 0 heterocycles. The first-order valence-electron chi connectivity index (χ1n) is 8.75. The Hall–Kier alpha value is -3.33. The highest BCUT2D eigenvalue weighted by Crippen LogP contribution is 2.32. The van der Waals surface area contributed by atoms with Gasteiger partial charge in [-0.25, -0.2) is 4.39 Å². The van der Waals surface area contributed by atoms with Gasteiger partial charge in [-0.15, -0.1) is 13.2 Å². The van der Waals surface area contributed by atoms with Crippen LogP contribution in [0.2, 0.25) is 0 Å². The van der Waals surface area contributed by atoms with Crippen LogP contribution in [0.1, 0.15) is 28.4 Å². The Morgan fingerprint density at radius 1 is 1.06 bits per heavy atom. The predicted molar refractivity (Wildman–Crippen MR) is 95.7 cm³/mol. The van der Waals surface area contributed by atoms with E-state index >= 15 is 0 Å². The van der Waals surface area contributed by atoms with E-state index < -0.39 is 54.3 Å². The highest BCUT2D eigenvalue weighted by Gasteiger charge is 2.34. The zero-order valence-electron chi connectivity index (χ0n) is 16.3. The number of halogens is 7. The average Bonchev–Trinajstić information content (AvgIpc) is 2.67. The average molecular weight is 464 g/mol. The standard InChI is InChI=1S/C20H15F7N2O3/c1-18(10-28,11-31-9-12-2-7-16(21)15(8-12)19(22,23)24)29-17(30)13-3-5-14(6-4-13)32-20(25,26)27/h2-8H,9,11H2,1H3,(H,29,30). The highest BCUT2D eigenvalue weighted by atomic mass is 19.4. The second kappa shape index (κ2) is 9.44. The molecule has 0 fully saturated rings. The maximum atomic E-state index is 13.3. The Bertz CT molecular complexity index is 998. The van der Waals surface area contributed by atoms with Gasteiger partial charge < -0.3 is 14.8 Å². The SMILES string of the molecule is CC(C#N)(COCc1ccc(F)c(C(F)(F)F)c1)NC(=O)c1ccc(OC(F)(F)F)cc1. The number of benzene rings is 2. The van der Waals surface area contributed by atoms with E-state index in [0.717, 1.165) is 30.3 Å². The number of rotatable bonds is 7. The molecule has 2 rings (SSSR count). The van der Waals surface area contributed by atoms with E-state index in [0.29, 0.717) is 12.1 Å². The minimum Gasteiger partial charge on any atom is -0.406 e. The number of hydrogen-bond donors (Lipinski definition) is 1. The summed E-state index contributed by atoms with van der Waals surface area (Å²) in [4.78, 5) is 12.3. The molecule has 5 nitrogen and oxygen atoms in total. The molecule has 0 bridgehead atoms. The summed E-state index contributed by atoms with van der Waals surface area (Å²) in [6, 6.07) is 7.99. The van der Waals surface area contributed by atoms with Crippen LogP contribution in [-0.4, -0.2) is 24.4 Å². The summed E-state index contributed by atoms with van der Waals surface area (Å²) in [6.07, 6.45) is -9.79. The maximum Gasteiger partial charge on any atom is 0.573 e. The Morgan fingerprint density at radius 3 is 2.22 bits per heavy atom. The number of carbonyl (C=O) groups is 1. The van der Waals surface area contributed by atoms with Gasteiger partial charge in [0.15, 0.2) is 0 Å². The molecule has 2 aromatic carbocycles. The summed E-state index contributed by atoms with van der Waals surface area (Å²) in [6.45, 7) is 0.432. The molecule has 0 radical (unpaired) electrons. The van der Waals surface area contributed by atoms with Crippen LogP contribution in [0.25, 0.3) is 0 Å².